The third-order valence-electron chi connectivity index (χ3n) is 2.91. The summed E-state index contributed by atoms with van der Waals surface area (Å²) in [6, 6.07) is 2.30. The van der Waals surface area contributed by atoms with Gasteiger partial charge in [0, 0.05) is 0 Å². The van der Waals surface area contributed by atoms with E-state index in [1.807, 2.05) is 0 Å². The van der Waals surface area contributed by atoms with Gasteiger partial charge < -0.3 is 5.11 Å². The van der Waals surface area contributed by atoms with Crippen LogP contribution in [-0.4, -0.2) is 10.7 Å². The van der Waals surface area contributed by atoms with E-state index in [1.165, 1.54) is 0 Å². The van der Waals surface area contributed by atoms with Gasteiger partial charge in [-0.15, -0.1) is 0 Å². The first kappa shape index (κ1) is 15.4. The standard InChI is InChI=1S/C14H27NO/c1-6-7-13(10-15)14(16,8-11(2)3)9-12(4)5/h11-13,16H,6-9H2,1-5H3. The fourth-order valence-corrected chi connectivity index (χ4v) is 2.52. The fraction of sp³-hybridized carbons (Fsp3) is 0.929. The van der Waals surface area contributed by atoms with Gasteiger partial charge in [0.2, 0.25) is 0 Å². The molecule has 0 radical (unpaired) electrons. The first-order valence-corrected chi connectivity index (χ1v) is 6.47. The summed E-state index contributed by atoms with van der Waals surface area (Å²) in [5.74, 6) is 0.634. The van der Waals surface area contributed by atoms with E-state index in [9.17, 15) is 10.4 Å². The van der Waals surface area contributed by atoms with Crippen molar-refractivity contribution >= 4 is 0 Å². The summed E-state index contributed by atoms with van der Waals surface area (Å²) in [7, 11) is 0. The maximum Gasteiger partial charge on any atom is 0.0810 e. The molecule has 0 saturated carbocycles. The van der Waals surface area contributed by atoms with Gasteiger partial charge in [0.25, 0.3) is 0 Å². The van der Waals surface area contributed by atoms with Crippen molar-refractivity contribution in [3.05, 3.63) is 0 Å². The van der Waals surface area contributed by atoms with Crippen molar-refractivity contribution < 1.29 is 5.11 Å². The van der Waals surface area contributed by atoms with E-state index in [-0.39, 0.29) is 5.92 Å². The molecule has 0 aliphatic rings. The molecule has 2 heteroatoms. The minimum Gasteiger partial charge on any atom is -0.389 e. The highest BCUT2D eigenvalue weighted by Gasteiger charge is 2.37. The molecule has 16 heavy (non-hydrogen) atoms. The number of nitriles is 1. The summed E-state index contributed by atoms with van der Waals surface area (Å²) in [4.78, 5) is 0. The van der Waals surface area contributed by atoms with Crippen molar-refractivity contribution in [1.29, 1.82) is 5.26 Å². The van der Waals surface area contributed by atoms with Crippen molar-refractivity contribution in [3.63, 3.8) is 0 Å². The Hall–Kier alpha value is -0.550. The average molecular weight is 225 g/mol. The Labute approximate surface area is 101 Å². The van der Waals surface area contributed by atoms with Crippen LogP contribution in [0.5, 0.6) is 0 Å². The normalized spacial score (nSPS) is 14.2. The molecule has 0 spiro atoms. The van der Waals surface area contributed by atoms with Crippen LogP contribution in [0, 0.1) is 29.1 Å². The molecule has 0 aromatic carbocycles. The zero-order valence-corrected chi connectivity index (χ0v) is 11.5. The average Bonchev–Trinajstić information content (AvgIpc) is 2.10. The van der Waals surface area contributed by atoms with Crippen LogP contribution in [0.25, 0.3) is 0 Å². The Kier molecular flexibility index (Phi) is 6.67. The molecule has 0 bridgehead atoms. The van der Waals surface area contributed by atoms with Gasteiger partial charge in [-0.2, -0.15) is 5.26 Å². The highest BCUT2D eigenvalue weighted by Crippen LogP contribution is 2.34. The van der Waals surface area contributed by atoms with Crippen molar-refractivity contribution in [2.24, 2.45) is 17.8 Å². The van der Waals surface area contributed by atoms with Gasteiger partial charge in [-0.1, -0.05) is 41.0 Å². The molecule has 0 aliphatic heterocycles. The van der Waals surface area contributed by atoms with Crippen molar-refractivity contribution in [2.75, 3.05) is 0 Å². The zero-order valence-electron chi connectivity index (χ0n) is 11.5. The van der Waals surface area contributed by atoms with Crippen LogP contribution in [0.3, 0.4) is 0 Å². The highest BCUT2D eigenvalue weighted by molar-refractivity contribution is 4.99. The monoisotopic (exact) mass is 225 g/mol. The molecule has 0 aliphatic carbocycles. The number of hydrogen-bond acceptors (Lipinski definition) is 2. The number of hydrogen-bond donors (Lipinski definition) is 1. The fourth-order valence-electron chi connectivity index (χ4n) is 2.52. The summed E-state index contributed by atoms with van der Waals surface area (Å²) in [6.07, 6.45) is 3.20. The lowest BCUT2D eigenvalue weighted by atomic mass is 9.74. The molecule has 0 aromatic rings. The van der Waals surface area contributed by atoms with Crippen LogP contribution in [0.15, 0.2) is 0 Å². The lowest BCUT2D eigenvalue weighted by Crippen LogP contribution is -2.40. The van der Waals surface area contributed by atoms with Crippen LogP contribution >= 0.6 is 0 Å². The second-order valence-electron chi connectivity index (χ2n) is 5.77. The number of rotatable bonds is 7. The van der Waals surface area contributed by atoms with Crippen LogP contribution in [0.1, 0.15) is 60.3 Å². The molecule has 0 amide bonds. The van der Waals surface area contributed by atoms with E-state index >= 15 is 0 Å². The molecule has 1 unspecified atom stereocenters. The largest absolute Gasteiger partial charge is 0.389 e. The van der Waals surface area contributed by atoms with Crippen LogP contribution < -0.4 is 0 Å². The predicted octanol–water partition coefficient (Wildman–Crippen LogP) is 3.75. The summed E-state index contributed by atoms with van der Waals surface area (Å²) in [6.45, 7) is 10.5. The van der Waals surface area contributed by atoms with E-state index in [4.69, 9.17) is 0 Å². The van der Waals surface area contributed by atoms with E-state index in [0.717, 1.165) is 25.7 Å². The van der Waals surface area contributed by atoms with Gasteiger partial charge in [0.05, 0.1) is 17.6 Å². The smallest absolute Gasteiger partial charge is 0.0810 e. The highest BCUT2D eigenvalue weighted by atomic mass is 16.3. The molecule has 1 N–H and O–H groups in total. The SMILES string of the molecule is CCCC(C#N)C(O)(CC(C)C)CC(C)C. The van der Waals surface area contributed by atoms with E-state index < -0.39 is 5.60 Å². The topological polar surface area (TPSA) is 44.0 Å². The Balaban J connectivity index is 4.81. The molecule has 0 rings (SSSR count). The maximum absolute atomic E-state index is 10.7. The molecule has 0 aromatic heterocycles. The first-order valence-electron chi connectivity index (χ1n) is 6.47. The summed E-state index contributed by atoms with van der Waals surface area (Å²) >= 11 is 0. The predicted molar refractivity (Wildman–Crippen MR) is 67.9 cm³/mol. The molecule has 0 fully saturated rings. The second-order valence-corrected chi connectivity index (χ2v) is 5.77. The van der Waals surface area contributed by atoms with Gasteiger partial charge in [0.15, 0.2) is 0 Å². The molecule has 0 saturated heterocycles. The minimum absolute atomic E-state index is 0.220. The van der Waals surface area contributed by atoms with Crippen LogP contribution in [-0.2, 0) is 0 Å². The molecular formula is C14H27NO. The zero-order chi connectivity index (χ0) is 12.8. The van der Waals surface area contributed by atoms with Gasteiger partial charge in [0.1, 0.15) is 0 Å². The molecule has 1 atom stereocenters. The molecular weight excluding hydrogens is 198 g/mol. The molecule has 2 nitrogen and oxygen atoms in total. The Morgan fingerprint density at radius 3 is 1.81 bits per heavy atom. The van der Waals surface area contributed by atoms with E-state index in [1.54, 1.807) is 0 Å². The molecule has 94 valence electrons. The number of nitrogens with zero attached hydrogens (tertiary/aromatic N) is 1. The Bertz CT molecular complexity index is 217. The van der Waals surface area contributed by atoms with Crippen molar-refractivity contribution in [3.8, 4) is 6.07 Å². The van der Waals surface area contributed by atoms with Gasteiger partial charge in [-0.05, 0) is 31.1 Å². The van der Waals surface area contributed by atoms with E-state index in [2.05, 4.69) is 40.7 Å². The third-order valence-corrected chi connectivity index (χ3v) is 2.91. The van der Waals surface area contributed by atoms with Crippen molar-refractivity contribution in [1.82, 2.24) is 0 Å². The van der Waals surface area contributed by atoms with Gasteiger partial charge in [-0.3, -0.25) is 0 Å². The summed E-state index contributed by atoms with van der Waals surface area (Å²) in [5.41, 5.74) is -0.799. The minimum atomic E-state index is -0.799. The quantitative estimate of drug-likeness (QED) is 0.717. The van der Waals surface area contributed by atoms with Gasteiger partial charge in [-0.25, -0.2) is 0 Å². The Morgan fingerprint density at radius 1 is 1.12 bits per heavy atom. The van der Waals surface area contributed by atoms with E-state index in [0.29, 0.717) is 11.8 Å². The number of aliphatic hydroxyl groups is 1. The Morgan fingerprint density at radius 2 is 1.56 bits per heavy atom. The lowest BCUT2D eigenvalue weighted by Gasteiger charge is -2.35. The van der Waals surface area contributed by atoms with Gasteiger partial charge >= 0.3 is 0 Å². The molecule has 0 heterocycles. The van der Waals surface area contributed by atoms with Crippen LogP contribution in [0.4, 0.5) is 0 Å². The summed E-state index contributed by atoms with van der Waals surface area (Å²) in [5, 5.41) is 19.9. The maximum atomic E-state index is 10.7. The van der Waals surface area contributed by atoms with Crippen LogP contribution in [0.2, 0.25) is 0 Å². The lowest BCUT2D eigenvalue weighted by molar-refractivity contribution is -0.0364. The second kappa shape index (κ2) is 6.91. The third kappa shape index (κ3) is 4.99. The van der Waals surface area contributed by atoms with Crippen molar-refractivity contribution in [2.45, 2.75) is 65.9 Å². The summed E-state index contributed by atoms with van der Waals surface area (Å²) < 4.78 is 0. The first-order chi connectivity index (χ1) is 7.35.